The van der Waals surface area contributed by atoms with Gasteiger partial charge >= 0.3 is 0 Å². The first-order valence-corrected chi connectivity index (χ1v) is 11.0. The minimum Gasteiger partial charge on any atom is -0.344 e. The van der Waals surface area contributed by atoms with Gasteiger partial charge in [-0.15, -0.1) is 0 Å². The average molecular weight is 448 g/mol. The quantitative estimate of drug-likeness (QED) is 0.396. The van der Waals surface area contributed by atoms with E-state index < -0.39 is 0 Å². The van der Waals surface area contributed by atoms with E-state index in [0.717, 1.165) is 42.6 Å². The van der Waals surface area contributed by atoms with E-state index in [9.17, 15) is 14.0 Å². The van der Waals surface area contributed by atoms with Gasteiger partial charge in [-0.2, -0.15) is 5.10 Å². The lowest BCUT2D eigenvalue weighted by Crippen LogP contribution is -2.34. The Morgan fingerprint density at radius 3 is 2.70 bits per heavy atom. The van der Waals surface area contributed by atoms with Crippen molar-refractivity contribution in [2.24, 2.45) is 0 Å². The zero-order valence-electron chi connectivity index (χ0n) is 18.5. The molecular weight excluding hydrogens is 421 g/mol. The molecule has 33 heavy (non-hydrogen) atoms. The molecule has 0 bridgehead atoms. The fourth-order valence-corrected chi connectivity index (χ4v) is 3.76. The molecule has 7 nitrogen and oxygen atoms in total. The van der Waals surface area contributed by atoms with E-state index in [4.69, 9.17) is 0 Å². The Morgan fingerprint density at radius 1 is 1.09 bits per heavy atom. The van der Waals surface area contributed by atoms with Crippen LogP contribution in [0.4, 0.5) is 4.39 Å². The molecular formula is C25H26FN5O2. The van der Waals surface area contributed by atoms with Crippen LogP contribution in [0.25, 0.3) is 22.3 Å². The van der Waals surface area contributed by atoms with Crippen LogP contribution in [0.1, 0.15) is 25.0 Å². The van der Waals surface area contributed by atoms with Crippen LogP contribution in [-0.2, 0) is 17.8 Å². The minimum absolute atomic E-state index is 0.00132. The summed E-state index contributed by atoms with van der Waals surface area (Å²) < 4.78 is 14.5. The molecule has 2 aromatic heterocycles. The van der Waals surface area contributed by atoms with Gasteiger partial charge in [0.25, 0.3) is 5.56 Å². The van der Waals surface area contributed by atoms with E-state index in [2.05, 4.69) is 15.2 Å². The number of rotatable bonds is 9. The molecule has 0 saturated heterocycles. The highest BCUT2D eigenvalue weighted by molar-refractivity contribution is 5.79. The SMILES string of the molecule is CN(CCCCCc1cc(-c2ccc(F)cc2)n[nH]1)C(=O)Cn1c(=O)cnc2ccccc21. The fraction of sp³-hybridized carbons (Fsp3) is 0.280. The Morgan fingerprint density at radius 2 is 1.88 bits per heavy atom. The first kappa shape index (κ1) is 22.4. The zero-order valence-corrected chi connectivity index (χ0v) is 18.5. The van der Waals surface area contributed by atoms with Crippen LogP contribution in [0.15, 0.2) is 65.6 Å². The summed E-state index contributed by atoms with van der Waals surface area (Å²) >= 11 is 0. The number of aromatic nitrogens is 4. The van der Waals surface area contributed by atoms with Gasteiger partial charge in [-0.3, -0.25) is 19.3 Å². The van der Waals surface area contributed by atoms with Gasteiger partial charge in [0.05, 0.1) is 22.9 Å². The maximum atomic E-state index is 13.1. The Labute approximate surface area is 190 Å². The molecule has 1 N–H and O–H groups in total. The van der Waals surface area contributed by atoms with Crippen molar-refractivity contribution >= 4 is 16.9 Å². The number of benzene rings is 2. The molecule has 4 rings (SSSR count). The molecule has 0 radical (unpaired) electrons. The summed E-state index contributed by atoms with van der Waals surface area (Å²) in [7, 11) is 1.76. The standard InChI is InChI=1S/C25H26FN5O2/c1-30(25(33)17-31-23-9-5-4-8-21(23)27-16-24(31)32)14-6-2-3-7-20-15-22(29-28-20)18-10-12-19(26)13-11-18/h4-5,8-13,15-16H,2-3,6-7,14,17H2,1H3,(H,28,29). The summed E-state index contributed by atoms with van der Waals surface area (Å²) in [5.41, 5.74) is 3.77. The molecule has 0 unspecified atom stereocenters. The van der Waals surface area contributed by atoms with Crippen molar-refractivity contribution < 1.29 is 9.18 Å². The number of aryl methyl sites for hydroxylation is 1. The van der Waals surface area contributed by atoms with Crippen LogP contribution in [-0.4, -0.2) is 44.1 Å². The highest BCUT2D eigenvalue weighted by Crippen LogP contribution is 2.19. The second-order valence-electron chi connectivity index (χ2n) is 8.08. The highest BCUT2D eigenvalue weighted by atomic mass is 19.1. The predicted molar refractivity (Wildman–Crippen MR) is 125 cm³/mol. The van der Waals surface area contributed by atoms with Gasteiger partial charge in [-0.05, 0) is 61.7 Å². The van der Waals surface area contributed by atoms with Crippen LogP contribution in [0, 0.1) is 5.82 Å². The number of carbonyl (C=O) groups is 1. The second-order valence-corrected chi connectivity index (χ2v) is 8.08. The van der Waals surface area contributed by atoms with Gasteiger partial charge in [0, 0.05) is 24.8 Å². The number of unbranched alkanes of at least 4 members (excludes halogenated alkanes) is 2. The molecule has 0 aliphatic heterocycles. The van der Waals surface area contributed by atoms with Gasteiger partial charge in [0.2, 0.25) is 5.91 Å². The summed E-state index contributed by atoms with van der Waals surface area (Å²) in [5.74, 6) is -0.370. The van der Waals surface area contributed by atoms with Gasteiger partial charge in [0.15, 0.2) is 0 Å². The summed E-state index contributed by atoms with van der Waals surface area (Å²) in [4.78, 5) is 30.7. The van der Waals surface area contributed by atoms with Crippen molar-refractivity contribution in [3.8, 4) is 11.3 Å². The molecule has 0 aliphatic carbocycles. The third-order valence-electron chi connectivity index (χ3n) is 5.68. The average Bonchev–Trinajstić information content (AvgIpc) is 3.30. The number of amides is 1. The number of para-hydroxylation sites is 2. The largest absolute Gasteiger partial charge is 0.344 e. The molecule has 1 amide bonds. The van der Waals surface area contributed by atoms with Crippen molar-refractivity contribution in [1.29, 1.82) is 0 Å². The van der Waals surface area contributed by atoms with E-state index in [-0.39, 0.29) is 23.8 Å². The van der Waals surface area contributed by atoms with E-state index >= 15 is 0 Å². The minimum atomic E-state index is -0.282. The van der Waals surface area contributed by atoms with Crippen LogP contribution >= 0.6 is 0 Å². The van der Waals surface area contributed by atoms with Crippen LogP contribution in [0.5, 0.6) is 0 Å². The van der Waals surface area contributed by atoms with Gasteiger partial charge in [-0.25, -0.2) is 9.37 Å². The number of hydrogen-bond acceptors (Lipinski definition) is 4. The number of likely N-dealkylation sites (N-methyl/N-ethyl adjacent to an activating group) is 1. The lowest BCUT2D eigenvalue weighted by molar-refractivity contribution is -0.130. The van der Waals surface area contributed by atoms with Crippen molar-refractivity contribution in [3.63, 3.8) is 0 Å². The van der Waals surface area contributed by atoms with Gasteiger partial charge in [-0.1, -0.05) is 18.6 Å². The van der Waals surface area contributed by atoms with Crippen LogP contribution < -0.4 is 5.56 Å². The summed E-state index contributed by atoms with van der Waals surface area (Å²) in [6, 6.07) is 15.6. The fourth-order valence-electron chi connectivity index (χ4n) is 3.76. The van der Waals surface area contributed by atoms with E-state index in [1.807, 2.05) is 24.3 Å². The monoisotopic (exact) mass is 447 g/mol. The smallest absolute Gasteiger partial charge is 0.269 e. The molecule has 2 aromatic carbocycles. The highest BCUT2D eigenvalue weighted by Gasteiger charge is 2.13. The lowest BCUT2D eigenvalue weighted by Gasteiger charge is -2.18. The second kappa shape index (κ2) is 10.2. The normalized spacial score (nSPS) is 11.1. The van der Waals surface area contributed by atoms with Gasteiger partial charge in [0.1, 0.15) is 12.4 Å². The third kappa shape index (κ3) is 5.52. The number of nitrogens with one attached hydrogen (secondary N) is 1. The topological polar surface area (TPSA) is 83.9 Å². The summed E-state index contributed by atoms with van der Waals surface area (Å²) in [6.07, 6.45) is 4.90. The van der Waals surface area contributed by atoms with Crippen molar-refractivity contribution in [1.82, 2.24) is 24.6 Å². The maximum Gasteiger partial charge on any atom is 0.269 e. The molecule has 0 saturated carbocycles. The Kier molecular flexibility index (Phi) is 6.92. The van der Waals surface area contributed by atoms with E-state index in [0.29, 0.717) is 17.6 Å². The number of hydrogen-bond donors (Lipinski definition) is 1. The molecule has 8 heteroatoms. The number of nitrogens with zero attached hydrogens (tertiary/aromatic N) is 4. The zero-order chi connectivity index (χ0) is 23.2. The first-order chi connectivity index (χ1) is 16.0. The predicted octanol–water partition coefficient (Wildman–Crippen LogP) is 3.80. The molecule has 0 atom stereocenters. The number of carbonyl (C=O) groups excluding carboxylic acids is 1. The lowest BCUT2D eigenvalue weighted by atomic mass is 10.1. The van der Waals surface area contributed by atoms with Gasteiger partial charge < -0.3 is 4.90 Å². The van der Waals surface area contributed by atoms with E-state index in [1.165, 1.54) is 22.9 Å². The molecule has 4 aromatic rings. The number of aromatic amines is 1. The van der Waals surface area contributed by atoms with Crippen molar-refractivity contribution in [2.45, 2.75) is 32.2 Å². The molecule has 0 aliphatic rings. The molecule has 0 spiro atoms. The molecule has 2 heterocycles. The summed E-state index contributed by atoms with van der Waals surface area (Å²) in [6.45, 7) is 0.624. The van der Waals surface area contributed by atoms with Crippen molar-refractivity contribution in [2.75, 3.05) is 13.6 Å². The van der Waals surface area contributed by atoms with Crippen molar-refractivity contribution in [3.05, 3.63) is 82.7 Å². The Balaban J connectivity index is 1.23. The van der Waals surface area contributed by atoms with Crippen LogP contribution in [0.3, 0.4) is 0 Å². The number of halogens is 1. The van der Waals surface area contributed by atoms with E-state index in [1.54, 1.807) is 30.1 Å². The maximum absolute atomic E-state index is 13.1. The Bertz CT molecular complexity index is 1300. The molecule has 170 valence electrons. The number of fused-ring (bicyclic) bond motifs is 1. The molecule has 0 fully saturated rings. The third-order valence-corrected chi connectivity index (χ3v) is 5.68. The first-order valence-electron chi connectivity index (χ1n) is 11.0. The van der Waals surface area contributed by atoms with Crippen LogP contribution in [0.2, 0.25) is 0 Å². The summed E-state index contributed by atoms with van der Waals surface area (Å²) in [5, 5.41) is 7.34. The Hall–Kier alpha value is -3.81. The number of H-pyrrole nitrogens is 1.